The Bertz CT molecular complexity index is 957. The second kappa shape index (κ2) is 7.54. The van der Waals surface area contributed by atoms with E-state index in [1.807, 2.05) is 29.6 Å². The quantitative estimate of drug-likeness (QED) is 0.563. The number of dihydropyridines is 1. The summed E-state index contributed by atoms with van der Waals surface area (Å²) >= 11 is 7.38. The molecule has 1 aliphatic heterocycles. The van der Waals surface area contributed by atoms with Crippen molar-refractivity contribution < 1.29 is 14.8 Å². The lowest BCUT2D eigenvalue weighted by Gasteiger charge is -2.25. The number of nitrogens with zero attached hydrogens (tertiary/aromatic N) is 1. The molecule has 0 fully saturated rings. The summed E-state index contributed by atoms with van der Waals surface area (Å²) in [5, 5.41) is 26.7. The molecule has 6 nitrogen and oxygen atoms in total. The third-order valence-electron chi connectivity index (χ3n) is 4.48. The second-order valence-electron chi connectivity index (χ2n) is 6.29. The summed E-state index contributed by atoms with van der Waals surface area (Å²) in [5.74, 6) is -2.09. The molecule has 2 heterocycles. The van der Waals surface area contributed by atoms with Crippen LogP contribution in [0.5, 0.6) is 0 Å². The standard InChI is InChI=1S/C19H17ClN2O4S/c1-10-15(19(23)24)16(17(22(25)26)11(2)21-10)18-13(6-7-27-18)8-12-4-3-5-14(20)9-12/h3-7,9,16,21H,8H2,1-2H3,(H,23,24). The zero-order valence-electron chi connectivity index (χ0n) is 14.7. The average molecular weight is 405 g/mol. The first-order valence-corrected chi connectivity index (χ1v) is 9.42. The summed E-state index contributed by atoms with van der Waals surface area (Å²) in [4.78, 5) is 23.8. The predicted octanol–water partition coefficient (Wildman–Crippen LogP) is 4.55. The molecule has 0 bridgehead atoms. The Kier molecular flexibility index (Phi) is 5.34. The number of carboxylic acids is 1. The number of carbonyl (C=O) groups is 1. The molecule has 1 aliphatic rings. The van der Waals surface area contributed by atoms with E-state index in [-0.39, 0.29) is 11.3 Å². The van der Waals surface area contributed by atoms with Gasteiger partial charge in [0.25, 0.3) is 5.70 Å². The highest BCUT2D eigenvalue weighted by atomic mass is 35.5. The molecule has 2 aromatic rings. The number of benzene rings is 1. The number of rotatable bonds is 5. The Balaban J connectivity index is 2.12. The van der Waals surface area contributed by atoms with E-state index in [0.717, 1.165) is 11.1 Å². The highest BCUT2D eigenvalue weighted by Gasteiger charge is 2.41. The van der Waals surface area contributed by atoms with Crippen molar-refractivity contribution >= 4 is 28.9 Å². The summed E-state index contributed by atoms with van der Waals surface area (Å²) in [7, 11) is 0. The van der Waals surface area contributed by atoms with Crippen LogP contribution < -0.4 is 5.32 Å². The lowest BCUT2D eigenvalue weighted by Crippen LogP contribution is -2.30. The van der Waals surface area contributed by atoms with Gasteiger partial charge in [0.05, 0.1) is 16.2 Å². The number of halogens is 1. The van der Waals surface area contributed by atoms with E-state index in [1.165, 1.54) is 11.3 Å². The Labute approximate surface area is 164 Å². The van der Waals surface area contributed by atoms with Gasteiger partial charge in [0.2, 0.25) is 0 Å². The van der Waals surface area contributed by atoms with E-state index < -0.39 is 16.8 Å². The van der Waals surface area contributed by atoms with Crippen LogP contribution in [-0.4, -0.2) is 16.0 Å². The van der Waals surface area contributed by atoms with E-state index >= 15 is 0 Å². The monoisotopic (exact) mass is 404 g/mol. The number of aliphatic carboxylic acids is 1. The van der Waals surface area contributed by atoms with E-state index in [2.05, 4.69) is 5.32 Å². The molecule has 27 heavy (non-hydrogen) atoms. The SMILES string of the molecule is CC1=C(C(=O)O)C(c2sccc2Cc2cccc(Cl)c2)C([N+](=O)[O-])=C(C)N1. The number of carboxylic acid groups (broad SMARTS) is 1. The first-order valence-electron chi connectivity index (χ1n) is 8.16. The molecular formula is C19H17ClN2O4S. The first kappa shape index (κ1) is 19.1. The molecule has 1 aromatic carbocycles. The molecule has 0 spiro atoms. The molecular weight excluding hydrogens is 388 g/mol. The zero-order chi connectivity index (χ0) is 19.7. The van der Waals surface area contributed by atoms with Gasteiger partial charge in [-0.15, -0.1) is 11.3 Å². The van der Waals surface area contributed by atoms with Gasteiger partial charge in [-0.1, -0.05) is 23.7 Å². The molecule has 0 radical (unpaired) electrons. The summed E-state index contributed by atoms with van der Waals surface area (Å²) in [6, 6.07) is 9.25. The van der Waals surface area contributed by atoms with E-state index in [1.54, 1.807) is 19.9 Å². The Hall–Kier alpha value is -2.64. The number of nitro groups is 1. The highest BCUT2D eigenvalue weighted by molar-refractivity contribution is 7.10. The topological polar surface area (TPSA) is 92.5 Å². The van der Waals surface area contributed by atoms with Crippen LogP contribution >= 0.6 is 22.9 Å². The number of nitrogens with one attached hydrogen (secondary N) is 1. The fraction of sp³-hybridized carbons (Fsp3) is 0.211. The van der Waals surface area contributed by atoms with Gasteiger partial charge in [0.1, 0.15) is 5.92 Å². The van der Waals surface area contributed by atoms with Gasteiger partial charge in [-0.25, -0.2) is 4.79 Å². The van der Waals surface area contributed by atoms with Crippen LogP contribution in [-0.2, 0) is 11.2 Å². The fourth-order valence-electron chi connectivity index (χ4n) is 3.38. The predicted molar refractivity (Wildman–Crippen MR) is 104 cm³/mol. The minimum absolute atomic E-state index is 0.00194. The number of thiophene rings is 1. The lowest BCUT2D eigenvalue weighted by molar-refractivity contribution is -0.430. The van der Waals surface area contributed by atoms with Crippen LogP contribution in [0.2, 0.25) is 5.02 Å². The molecule has 0 saturated carbocycles. The summed E-state index contributed by atoms with van der Waals surface area (Å²) in [6.07, 6.45) is 0.513. The van der Waals surface area contributed by atoms with Crippen LogP contribution in [0.1, 0.15) is 35.8 Å². The van der Waals surface area contributed by atoms with Gasteiger partial charge in [-0.3, -0.25) is 10.1 Å². The molecule has 1 atom stereocenters. The molecule has 1 unspecified atom stereocenters. The molecule has 0 aliphatic carbocycles. The Morgan fingerprint density at radius 2 is 2.07 bits per heavy atom. The van der Waals surface area contributed by atoms with Crippen molar-refractivity contribution in [3.05, 3.63) is 89.5 Å². The summed E-state index contributed by atoms with van der Waals surface area (Å²) in [5.41, 5.74) is 2.45. The Morgan fingerprint density at radius 3 is 2.70 bits per heavy atom. The van der Waals surface area contributed by atoms with Crippen LogP contribution in [0, 0.1) is 10.1 Å². The van der Waals surface area contributed by atoms with Gasteiger partial charge >= 0.3 is 5.97 Å². The van der Waals surface area contributed by atoms with Crippen LogP contribution in [0.15, 0.2) is 58.4 Å². The summed E-state index contributed by atoms with van der Waals surface area (Å²) in [6.45, 7) is 3.22. The van der Waals surface area contributed by atoms with Crippen molar-refractivity contribution in [2.24, 2.45) is 0 Å². The highest BCUT2D eigenvalue weighted by Crippen LogP contribution is 2.42. The minimum atomic E-state index is -1.17. The smallest absolute Gasteiger partial charge is 0.334 e. The number of hydrogen-bond acceptors (Lipinski definition) is 5. The van der Waals surface area contributed by atoms with E-state index in [0.29, 0.717) is 27.7 Å². The van der Waals surface area contributed by atoms with Crippen molar-refractivity contribution in [2.75, 3.05) is 0 Å². The summed E-state index contributed by atoms with van der Waals surface area (Å²) < 4.78 is 0. The van der Waals surface area contributed by atoms with Crippen LogP contribution in [0.25, 0.3) is 0 Å². The first-order chi connectivity index (χ1) is 12.8. The molecule has 8 heteroatoms. The van der Waals surface area contributed by atoms with Crippen molar-refractivity contribution in [1.29, 1.82) is 0 Å². The van der Waals surface area contributed by atoms with Crippen molar-refractivity contribution in [2.45, 2.75) is 26.2 Å². The number of allylic oxidation sites excluding steroid dienone is 3. The van der Waals surface area contributed by atoms with Crippen molar-refractivity contribution in [3.8, 4) is 0 Å². The van der Waals surface area contributed by atoms with Crippen molar-refractivity contribution in [1.82, 2.24) is 5.32 Å². The van der Waals surface area contributed by atoms with Gasteiger partial charge in [-0.2, -0.15) is 0 Å². The largest absolute Gasteiger partial charge is 0.478 e. The van der Waals surface area contributed by atoms with Gasteiger partial charge in [0.15, 0.2) is 0 Å². The van der Waals surface area contributed by atoms with Crippen molar-refractivity contribution in [3.63, 3.8) is 0 Å². The molecule has 1 aromatic heterocycles. The molecule has 0 saturated heterocycles. The molecule has 0 amide bonds. The third kappa shape index (κ3) is 3.74. The molecule has 140 valence electrons. The van der Waals surface area contributed by atoms with Gasteiger partial charge in [-0.05, 0) is 55.0 Å². The third-order valence-corrected chi connectivity index (χ3v) is 5.74. The normalized spacial score (nSPS) is 17.1. The van der Waals surface area contributed by atoms with E-state index in [9.17, 15) is 20.0 Å². The fourth-order valence-corrected chi connectivity index (χ4v) is 4.63. The lowest BCUT2D eigenvalue weighted by atomic mass is 9.86. The second-order valence-corrected chi connectivity index (χ2v) is 7.67. The van der Waals surface area contributed by atoms with E-state index in [4.69, 9.17) is 11.6 Å². The van der Waals surface area contributed by atoms with Crippen LogP contribution in [0.4, 0.5) is 0 Å². The zero-order valence-corrected chi connectivity index (χ0v) is 16.2. The minimum Gasteiger partial charge on any atom is -0.478 e. The Morgan fingerprint density at radius 1 is 1.33 bits per heavy atom. The maximum atomic E-state index is 11.9. The van der Waals surface area contributed by atoms with Crippen LogP contribution in [0.3, 0.4) is 0 Å². The molecule has 3 rings (SSSR count). The maximum Gasteiger partial charge on any atom is 0.334 e. The maximum absolute atomic E-state index is 11.9. The van der Waals surface area contributed by atoms with Gasteiger partial charge in [0, 0.05) is 15.6 Å². The average Bonchev–Trinajstić information content (AvgIpc) is 3.01. The molecule has 2 N–H and O–H groups in total. The van der Waals surface area contributed by atoms with Gasteiger partial charge < -0.3 is 10.4 Å². The number of hydrogen-bond donors (Lipinski definition) is 2.